The van der Waals surface area contributed by atoms with Gasteiger partial charge in [0, 0.05) is 0 Å². The summed E-state index contributed by atoms with van der Waals surface area (Å²) in [6.07, 6.45) is -0.562. The third kappa shape index (κ3) is 4.31. The molecular formula is C13H20O4S. The van der Waals surface area contributed by atoms with Crippen LogP contribution in [0.1, 0.15) is 32.4 Å². The van der Waals surface area contributed by atoms with Crippen molar-refractivity contribution >= 4 is 9.84 Å². The number of ether oxygens (including phenoxy) is 1. The zero-order valence-electron chi connectivity index (χ0n) is 11.0. The number of hydrogen-bond acceptors (Lipinski definition) is 4. The van der Waals surface area contributed by atoms with Crippen LogP contribution in [0.15, 0.2) is 24.3 Å². The first-order chi connectivity index (χ1) is 8.33. The zero-order valence-corrected chi connectivity index (χ0v) is 11.8. The van der Waals surface area contributed by atoms with Gasteiger partial charge in [-0.05, 0) is 38.5 Å². The minimum absolute atomic E-state index is 0.00354. The summed E-state index contributed by atoms with van der Waals surface area (Å²) in [5, 5.41) is 9.04. The molecule has 0 unspecified atom stereocenters. The van der Waals surface area contributed by atoms with Crippen molar-refractivity contribution in [2.45, 2.75) is 32.1 Å². The van der Waals surface area contributed by atoms with Crippen LogP contribution in [-0.2, 0) is 9.84 Å². The lowest BCUT2D eigenvalue weighted by Crippen LogP contribution is -2.22. The smallest absolute Gasteiger partial charge is 0.155 e. The minimum Gasteiger partial charge on any atom is -0.493 e. The highest BCUT2D eigenvalue weighted by molar-refractivity contribution is 7.91. The molecule has 1 aromatic rings. The highest BCUT2D eigenvalue weighted by atomic mass is 32.2. The van der Waals surface area contributed by atoms with E-state index in [4.69, 9.17) is 4.74 Å². The Hall–Kier alpha value is -1.07. The van der Waals surface area contributed by atoms with Crippen molar-refractivity contribution < 1.29 is 18.3 Å². The number of hydrogen-bond donors (Lipinski definition) is 1. The largest absolute Gasteiger partial charge is 0.493 e. The van der Waals surface area contributed by atoms with Crippen molar-refractivity contribution in [3.8, 4) is 5.75 Å². The summed E-state index contributed by atoms with van der Waals surface area (Å²) < 4.78 is 28.5. The number of rotatable bonds is 6. The highest BCUT2D eigenvalue weighted by Crippen LogP contribution is 2.18. The summed E-state index contributed by atoms with van der Waals surface area (Å²) in [6.45, 7) is 5.11. The Morgan fingerprint density at radius 2 is 1.94 bits per heavy atom. The van der Waals surface area contributed by atoms with Gasteiger partial charge in [-0.15, -0.1) is 0 Å². The van der Waals surface area contributed by atoms with E-state index < -0.39 is 15.9 Å². The van der Waals surface area contributed by atoms with Gasteiger partial charge in [-0.1, -0.05) is 12.1 Å². The lowest BCUT2D eigenvalue weighted by atomic mass is 10.1. The predicted molar refractivity (Wildman–Crippen MR) is 71.5 cm³/mol. The second kappa shape index (κ2) is 6.20. The van der Waals surface area contributed by atoms with Crippen molar-refractivity contribution in [1.29, 1.82) is 0 Å². The van der Waals surface area contributed by atoms with Crippen LogP contribution in [0.2, 0.25) is 0 Å². The van der Waals surface area contributed by atoms with Crippen LogP contribution in [0.25, 0.3) is 0 Å². The molecule has 0 bridgehead atoms. The topological polar surface area (TPSA) is 63.6 Å². The quantitative estimate of drug-likeness (QED) is 0.859. The summed E-state index contributed by atoms with van der Waals surface area (Å²) in [5.74, 6) is 0.580. The number of aliphatic hydroxyl groups excluding tert-OH is 1. The molecule has 1 rings (SSSR count). The normalized spacial score (nSPS) is 13.6. The van der Waals surface area contributed by atoms with Crippen LogP contribution >= 0.6 is 0 Å². The Labute approximate surface area is 109 Å². The number of benzene rings is 1. The lowest BCUT2D eigenvalue weighted by molar-refractivity contribution is 0.198. The fourth-order valence-corrected chi connectivity index (χ4v) is 2.16. The second-order valence-electron chi connectivity index (χ2n) is 4.51. The summed E-state index contributed by atoms with van der Waals surface area (Å²) in [5.41, 5.74) is 0.749. The van der Waals surface area contributed by atoms with E-state index in [1.807, 2.05) is 0 Å². The molecule has 1 atom stereocenters. The van der Waals surface area contributed by atoms with Crippen LogP contribution in [0.3, 0.4) is 0 Å². The fourth-order valence-electron chi connectivity index (χ4n) is 1.38. The molecule has 0 amide bonds. The van der Waals surface area contributed by atoms with Crippen molar-refractivity contribution in [3.05, 3.63) is 29.8 Å². The van der Waals surface area contributed by atoms with Gasteiger partial charge in [0.15, 0.2) is 9.84 Å². The molecule has 5 heteroatoms. The standard InChI is InChI=1S/C13H20O4S/c1-10(2)18(15,16)8-7-17-13-6-4-5-12(9-13)11(3)14/h4-6,9-11,14H,7-8H2,1-3H3/t11-/m0/s1. The van der Waals surface area contributed by atoms with E-state index >= 15 is 0 Å². The summed E-state index contributed by atoms with van der Waals surface area (Å²) in [6, 6.07) is 7.03. The maximum Gasteiger partial charge on any atom is 0.155 e. The lowest BCUT2D eigenvalue weighted by Gasteiger charge is -2.11. The zero-order chi connectivity index (χ0) is 13.8. The van der Waals surface area contributed by atoms with E-state index in [1.165, 1.54) is 0 Å². The van der Waals surface area contributed by atoms with Crippen LogP contribution in [0.5, 0.6) is 5.75 Å². The Bertz CT molecular complexity index is 478. The SMILES string of the molecule is CC(C)S(=O)(=O)CCOc1cccc([C@H](C)O)c1. The summed E-state index contributed by atoms with van der Waals surface area (Å²) >= 11 is 0. The Morgan fingerprint density at radius 1 is 1.28 bits per heavy atom. The molecule has 1 aromatic carbocycles. The summed E-state index contributed by atoms with van der Waals surface area (Å²) in [7, 11) is -3.07. The van der Waals surface area contributed by atoms with Gasteiger partial charge in [0.25, 0.3) is 0 Å². The first-order valence-corrected chi connectivity index (χ1v) is 7.67. The summed E-state index contributed by atoms with van der Waals surface area (Å²) in [4.78, 5) is 0. The van der Waals surface area contributed by atoms with Crippen molar-refractivity contribution in [2.75, 3.05) is 12.4 Å². The molecule has 4 nitrogen and oxygen atoms in total. The molecule has 0 aromatic heterocycles. The van der Waals surface area contributed by atoms with Gasteiger partial charge in [-0.3, -0.25) is 0 Å². The minimum atomic E-state index is -3.07. The van der Waals surface area contributed by atoms with Crippen molar-refractivity contribution in [2.24, 2.45) is 0 Å². The first kappa shape index (κ1) is 15.0. The van der Waals surface area contributed by atoms with Gasteiger partial charge in [0.2, 0.25) is 0 Å². The molecule has 1 N–H and O–H groups in total. The van der Waals surface area contributed by atoms with Crippen LogP contribution in [0.4, 0.5) is 0 Å². The molecule has 0 saturated heterocycles. The fraction of sp³-hybridized carbons (Fsp3) is 0.538. The molecular weight excluding hydrogens is 252 g/mol. The molecule has 0 radical (unpaired) electrons. The van der Waals surface area contributed by atoms with Crippen LogP contribution < -0.4 is 4.74 Å². The second-order valence-corrected chi connectivity index (χ2v) is 7.19. The van der Waals surface area contributed by atoms with Gasteiger partial charge in [0.1, 0.15) is 12.4 Å². The van der Waals surface area contributed by atoms with E-state index in [-0.39, 0.29) is 17.6 Å². The molecule has 0 aliphatic carbocycles. The molecule has 18 heavy (non-hydrogen) atoms. The molecule has 0 saturated carbocycles. The molecule has 0 fully saturated rings. The van der Waals surface area contributed by atoms with Crippen LogP contribution in [-0.4, -0.2) is 31.1 Å². The molecule has 0 aliphatic rings. The molecule has 0 heterocycles. The van der Waals surface area contributed by atoms with Gasteiger partial charge >= 0.3 is 0 Å². The Morgan fingerprint density at radius 3 is 2.50 bits per heavy atom. The number of aliphatic hydroxyl groups is 1. The van der Waals surface area contributed by atoms with E-state index in [1.54, 1.807) is 45.0 Å². The maximum atomic E-state index is 11.6. The maximum absolute atomic E-state index is 11.6. The molecule has 0 spiro atoms. The highest BCUT2D eigenvalue weighted by Gasteiger charge is 2.15. The van der Waals surface area contributed by atoms with Gasteiger partial charge in [-0.2, -0.15) is 0 Å². The van der Waals surface area contributed by atoms with Gasteiger partial charge < -0.3 is 9.84 Å². The van der Waals surface area contributed by atoms with Crippen LogP contribution in [0, 0.1) is 0 Å². The van der Waals surface area contributed by atoms with E-state index in [2.05, 4.69) is 0 Å². The monoisotopic (exact) mass is 272 g/mol. The average Bonchev–Trinajstić information content (AvgIpc) is 2.29. The molecule has 0 aliphatic heterocycles. The van der Waals surface area contributed by atoms with E-state index in [9.17, 15) is 13.5 Å². The number of sulfone groups is 1. The first-order valence-electron chi connectivity index (χ1n) is 5.95. The average molecular weight is 272 g/mol. The third-order valence-corrected chi connectivity index (χ3v) is 4.87. The Balaban J connectivity index is 2.57. The third-order valence-electron chi connectivity index (χ3n) is 2.70. The predicted octanol–water partition coefficient (Wildman–Crippen LogP) is 1.94. The molecule has 102 valence electrons. The van der Waals surface area contributed by atoms with Gasteiger partial charge in [-0.25, -0.2) is 8.42 Å². The van der Waals surface area contributed by atoms with E-state index in [0.717, 1.165) is 5.56 Å². The Kier molecular flexibility index (Phi) is 5.16. The van der Waals surface area contributed by atoms with Crippen molar-refractivity contribution in [1.82, 2.24) is 0 Å². The van der Waals surface area contributed by atoms with Crippen molar-refractivity contribution in [3.63, 3.8) is 0 Å². The van der Waals surface area contributed by atoms with E-state index in [0.29, 0.717) is 5.75 Å². The van der Waals surface area contributed by atoms with Gasteiger partial charge in [0.05, 0.1) is 17.1 Å².